The highest BCUT2D eigenvalue weighted by Crippen LogP contribution is 2.27. The molecular formula is C14H15N3O3S. The van der Waals surface area contributed by atoms with E-state index in [9.17, 15) is 8.42 Å². The summed E-state index contributed by atoms with van der Waals surface area (Å²) in [4.78, 5) is 4.15. The third-order valence-electron chi connectivity index (χ3n) is 3.17. The SMILES string of the molecule is O=S(=O)(NCCn1ccnc1)C1=Cc2ccccc2OC1. The molecule has 0 atom stereocenters. The normalized spacial score (nSPS) is 14.2. The van der Waals surface area contributed by atoms with Gasteiger partial charge in [0.15, 0.2) is 0 Å². The molecule has 110 valence electrons. The Bertz CT molecular complexity index is 752. The second-order valence-corrected chi connectivity index (χ2v) is 6.46. The van der Waals surface area contributed by atoms with E-state index in [-0.39, 0.29) is 11.5 Å². The van der Waals surface area contributed by atoms with Gasteiger partial charge < -0.3 is 9.30 Å². The van der Waals surface area contributed by atoms with E-state index in [0.29, 0.717) is 18.8 Å². The maximum Gasteiger partial charge on any atom is 0.240 e. The predicted octanol–water partition coefficient (Wildman–Crippen LogP) is 1.24. The minimum Gasteiger partial charge on any atom is -0.487 e. The fraction of sp³-hybridized carbons (Fsp3) is 0.214. The van der Waals surface area contributed by atoms with Crippen molar-refractivity contribution >= 4 is 16.1 Å². The molecule has 3 rings (SSSR count). The Morgan fingerprint density at radius 2 is 2.19 bits per heavy atom. The first-order chi connectivity index (χ1) is 10.1. The van der Waals surface area contributed by atoms with E-state index in [1.807, 2.05) is 28.8 Å². The molecule has 2 heterocycles. The number of ether oxygens (including phenoxy) is 1. The van der Waals surface area contributed by atoms with Crippen molar-refractivity contribution in [2.75, 3.05) is 13.2 Å². The van der Waals surface area contributed by atoms with Crippen LogP contribution in [0.15, 0.2) is 47.9 Å². The van der Waals surface area contributed by atoms with Crippen LogP contribution < -0.4 is 9.46 Å². The maximum absolute atomic E-state index is 12.2. The van der Waals surface area contributed by atoms with Crippen LogP contribution >= 0.6 is 0 Å². The van der Waals surface area contributed by atoms with Gasteiger partial charge in [-0.3, -0.25) is 0 Å². The van der Waals surface area contributed by atoms with Crippen LogP contribution in [-0.4, -0.2) is 31.1 Å². The van der Waals surface area contributed by atoms with E-state index in [1.54, 1.807) is 24.8 Å². The lowest BCUT2D eigenvalue weighted by atomic mass is 10.1. The molecule has 0 fully saturated rings. The van der Waals surface area contributed by atoms with Crippen molar-refractivity contribution in [1.82, 2.24) is 14.3 Å². The largest absolute Gasteiger partial charge is 0.487 e. The fourth-order valence-corrected chi connectivity index (χ4v) is 3.11. The molecule has 1 aromatic carbocycles. The Kier molecular flexibility index (Phi) is 3.76. The van der Waals surface area contributed by atoms with Crippen LogP contribution in [0.4, 0.5) is 0 Å². The number of sulfonamides is 1. The topological polar surface area (TPSA) is 73.2 Å². The molecule has 0 saturated carbocycles. The average molecular weight is 305 g/mol. The summed E-state index contributed by atoms with van der Waals surface area (Å²) in [6.45, 7) is 0.888. The Labute approximate surface area is 123 Å². The first kappa shape index (κ1) is 13.8. The van der Waals surface area contributed by atoms with E-state index in [0.717, 1.165) is 5.56 Å². The molecule has 0 radical (unpaired) electrons. The second-order valence-electron chi connectivity index (χ2n) is 4.64. The number of hydrogen-bond donors (Lipinski definition) is 1. The number of hydrogen-bond acceptors (Lipinski definition) is 4. The van der Waals surface area contributed by atoms with Crippen LogP contribution in [0.25, 0.3) is 6.08 Å². The summed E-state index contributed by atoms with van der Waals surface area (Å²) in [5.41, 5.74) is 0.777. The van der Waals surface area contributed by atoms with Gasteiger partial charge in [0.1, 0.15) is 12.4 Å². The van der Waals surface area contributed by atoms with Crippen molar-refractivity contribution in [2.24, 2.45) is 0 Å². The lowest BCUT2D eigenvalue weighted by Crippen LogP contribution is -2.31. The van der Waals surface area contributed by atoms with Gasteiger partial charge in [-0.25, -0.2) is 18.1 Å². The highest BCUT2D eigenvalue weighted by molar-refractivity contribution is 7.93. The summed E-state index contributed by atoms with van der Waals surface area (Å²) in [5.74, 6) is 0.704. The van der Waals surface area contributed by atoms with Gasteiger partial charge in [0, 0.05) is 31.0 Å². The van der Waals surface area contributed by atoms with Gasteiger partial charge in [-0.15, -0.1) is 0 Å². The van der Waals surface area contributed by atoms with Crippen molar-refractivity contribution in [3.05, 3.63) is 53.5 Å². The smallest absolute Gasteiger partial charge is 0.240 e. The molecule has 2 aromatic rings. The number of rotatable bonds is 5. The highest BCUT2D eigenvalue weighted by Gasteiger charge is 2.22. The van der Waals surface area contributed by atoms with Gasteiger partial charge >= 0.3 is 0 Å². The maximum atomic E-state index is 12.2. The van der Waals surface area contributed by atoms with Crippen molar-refractivity contribution in [3.63, 3.8) is 0 Å². The number of imidazole rings is 1. The zero-order valence-corrected chi connectivity index (χ0v) is 12.1. The zero-order chi connectivity index (χ0) is 14.7. The summed E-state index contributed by atoms with van der Waals surface area (Å²) in [6.07, 6.45) is 6.74. The summed E-state index contributed by atoms with van der Waals surface area (Å²) < 4.78 is 34.3. The predicted molar refractivity (Wildman–Crippen MR) is 79.1 cm³/mol. The van der Waals surface area contributed by atoms with Crippen LogP contribution in [0.3, 0.4) is 0 Å². The van der Waals surface area contributed by atoms with Crippen molar-refractivity contribution < 1.29 is 13.2 Å². The molecule has 0 amide bonds. The third kappa shape index (κ3) is 3.14. The number of para-hydroxylation sites is 1. The molecule has 7 heteroatoms. The van der Waals surface area contributed by atoms with Gasteiger partial charge in [0.25, 0.3) is 0 Å². The molecule has 0 unspecified atom stereocenters. The molecule has 0 saturated heterocycles. The third-order valence-corrected chi connectivity index (χ3v) is 4.68. The zero-order valence-electron chi connectivity index (χ0n) is 11.3. The van der Waals surface area contributed by atoms with Crippen LogP contribution in [0.5, 0.6) is 5.75 Å². The minimum absolute atomic E-state index is 0.0530. The minimum atomic E-state index is -3.53. The average Bonchev–Trinajstić information content (AvgIpc) is 3.00. The molecule has 1 aliphatic rings. The molecular weight excluding hydrogens is 290 g/mol. The van der Waals surface area contributed by atoms with E-state index in [4.69, 9.17) is 4.74 Å². The molecule has 1 aliphatic heterocycles. The fourth-order valence-electron chi connectivity index (χ4n) is 2.07. The van der Waals surface area contributed by atoms with Crippen LogP contribution in [0.1, 0.15) is 5.56 Å². The Morgan fingerprint density at radius 3 is 3.00 bits per heavy atom. The molecule has 1 N–H and O–H groups in total. The van der Waals surface area contributed by atoms with E-state index < -0.39 is 10.0 Å². The van der Waals surface area contributed by atoms with Gasteiger partial charge in [-0.05, 0) is 12.1 Å². The van der Waals surface area contributed by atoms with Gasteiger partial charge in [-0.1, -0.05) is 18.2 Å². The first-order valence-electron chi connectivity index (χ1n) is 6.53. The number of aromatic nitrogens is 2. The van der Waals surface area contributed by atoms with Crippen LogP contribution in [-0.2, 0) is 16.6 Å². The molecule has 21 heavy (non-hydrogen) atoms. The van der Waals surface area contributed by atoms with Crippen LogP contribution in [0.2, 0.25) is 0 Å². The Morgan fingerprint density at radius 1 is 1.33 bits per heavy atom. The number of nitrogens with one attached hydrogen (secondary N) is 1. The quantitative estimate of drug-likeness (QED) is 0.902. The van der Waals surface area contributed by atoms with Crippen molar-refractivity contribution in [2.45, 2.75) is 6.54 Å². The lowest BCUT2D eigenvalue weighted by Gasteiger charge is -2.18. The second kappa shape index (κ2) is 5.71. The molecule has 0 spiro atoms. The Hall–Kier alpha value is -2.12. The van der Waals surface area contributed by atoms with E-state index in [2.05, 4.69) is 9.71 Å². The summed E-state index contributed by atoms with van der Waals surface area (Å²) in [5, 5.41) is 0. The van der Waals surface area contributed by atoms with Crippen molar-refractivity contribution in [1.29, 1.82) is 0 Å². The number of benzene rings is 1. The summed E-state index contributed by atoms with van der Waals surface area (Å²) >= 11 is 0. The summed E-state index contributed by atoms with van der Waals surface area (Å²) in [7, 11) is -3.53. The van der Waals surface area contributed by atoms with E-state index >= 15 is 0 Å². The van der Waals surface area contributed by atoms with Gasteiger partial charge in [-0.2, -0.15) is 0 Å². The number of fused-ring (bicyclic) bond motifs is 1. The lowest BCUT2D eigenvalue weighted by molar-refractivity contribution is 0.353. The molecule has 1 aromatic heterocycles. The molecule has 0 bridgehead atoms. The highest BCUT2D eigenvalue weighted by atomic mass is 32.2. The Balaban J connectivity index is 1.69. The summed E-state index contributed by atoms with van der Waals surface area (Å²) in [6, 6.07) is 7.35. The molecule has 6 nitrogen and oxygen atoms in total. The van der Waals surface area contributed by atoms with Gasteiger partial charge in [0.2, 0.25) is 10.0 Å². The van der Waals surface area contributed by atoms with E-state index in [1.165, 1.54) is 0 Å². The standard InChI is InChI=1S/C14H15N3O3S/c18-21(19,16-6-8-17-7-5-15-11-17)13-9-12-3-1-2-4-14(12)20-10-13/h1-5,7,9,11,16H,6,8,10H2. The first-order valence-corrected chi connectivity index (χ1v) is 8.01. The van der Waals surface area contributed by atoms with Crippen molar-refractivity contribution in [3.8, 4) is 5.75 Å². The monoisotopic (exact) mass is 305 g/mol. The van der Waals surface area contributed by atoms with Gasteiger partial charge in [0.05, 0.1) is 11.2 Å². The molecule has 0 aliphatic carbocycles. The van der Waals surface area contributed by atoms with Crippen LogP contribution in [0, 0.1) is 0 Å². The number of nitrogens with zero attached hydrogens (tertiary/aromatic N) is 2.